The van der Waals surface area contributed by atoms with Crippen LogP contribution in [0.15, 0.2) is 60.0 Å². The molecule has 1 aromatic carbocycles. The van der Waals surface area contributed by atoms with Gasteiger partial charge in [0.25, 0.3) is 5.91 Å². The predicted molar refractivity (Wildman–Crippen MR) is 99.3 cm³/mol. The molecule has 0 aliphatic rings. The van der Waals surface area contributed by atoms with Gasteiger partial charge in [0.1, 0.15) is 0 Å². The van der Waals surface area contributed by atoms with Crippen LogP contribution in [0.1, 0.15) is 32.9 Å². The molecule has 126 valence electrons. The molecule has 1 N–H and O–H groups in total. The van der Waals surface area contributed by atoms with Crippen LogP contribution in [-0.4, -0.2) is 21.7 Å². The third-order valence-electron chi connectivity index (χ3n) is 4.02. The van der Waals surface area contributed by atoms with E-state index in [1.165, 1.54) is 11.8 Å². The van der Waals surface area contributed by atoms with Crippen molar-refractivity contribution in [3.05, 3.63) is 82.9 Å². The van der Waals surface area contributed by atoms with Crippen LogP contribution in [0.5, 0.6) is 0 Å². The molecule has 0 saturated carbocycles. The third kappa shape index (κ3) is 3.66. The lowest BCUT2D eigenvalue weighted by molar-refractivity contribution is 0.0955. The van der Waals surface area contributed by atoms with Crippen LogP contribution in [0.25, 0.3) is 5.69 Å². The van der Waals surface area contributed by atoms with Crippen molar-refractivity contribution in [2.45, 2.75) is 20.8 Å². The summed E-state index contributed by atoms with van der Waals surface area (Å²) in [4.78, 5) is 15.9. The normalized spacial score (nSPS) is 11.0. The van der Waals surface area contributed by atoms with Crippen LogP contribution in [0.4, 0.5) is 0 Å². The van der Waals surface area contributed by atoms with Crippen LogP contribution in [0.2, 0.25) is 0 Å². The molecule has 0 radical (unpaired) electrons. The number of aryl methyl sites for hydroxylation is 2. The fraction of sp³-hybridized carbons (Fsp3) is 0.150. The molecule has 2 aromatic heterocycles. The number of nitrogens with one attached hydrogen (secondary N) is 1. The summed E-state index contributed by atoms with van der Waals surface area (Å²) in [7, 11) is 0. The molecule has 3 rings (SSSR count). The highest BCUT2D eigenvalue weighted by molar-refractivity contribution is 5.94. The molecule has 0 bridgehead atoms. The molecule has 0 saturated heterocycles. The molecule has 1 amide bonds. The molecule has 0 aliphatic carbocycles. The van der Waals surface area contributed by atoms with E-state index in [-0.39, 0.29) is 5.91 Å². The minimum absolute atomic E-state index is 0.281. The molecule has 5 heteroatoms. The first-order valence-electron chi connectivity index (χ1n) is 8.05. The Morgan fingerprint density at radius 2 is 2.00 bits per heavy atom. The number of hydrogen-bond acceptors (Lipinski definition) is 3. The second-order valence-corrected chi connectivity index (χ2v) is 5.94. The number of carbonyl (C=O) groups is 1. The number of carbonyl (C=O) groups excluding carboxylic acids is 1. The molecule has 2 heterocycles. The van der Waals surface area contributed by atoms with Crippen molar-refractivity contribution in [1.82, 2.24) is 15.0 Å². The van der Waals surface area contributed by atoms with Crippen molar-refractivity contribution >= 4 is 12.1 Å². The molecule has 0 fully saturated rings. The van der Waals surface area contributed by atoms with Gasteiger partial charge in [0.15, 0.2) is 0 Å². The van der Waals surface area contributed by atoms with Crippen molar-refractivity contribution in [1.29, 1.82) is 0 Å². The molecular weight excluding hydrogens is 312 g/mol. The Bertz CT molecular complexity index is 926. The first kappa shape index (κ1) is 16.6. The lowest BCUT2D eigenvalue weighted by atomic mass is 10.2. The van der Waals surface area contributed by atoms with Crippen molar-refractivity contribution in [2.24, 2.45) is 5.10 Å². The molecule has 0 unspecified atom stereocenters. The van der Waals surface area contributed by atoms with Gasteiger partial charge in [0.2, 0.25) is 0 Å². The van der Waals surface area contributed by atoms with E-state index in [1.807, 2.05) is 13.0 Å². The molecular formula is C20H20N4O. The van der Waals surface area contributed by atoms with Gasteiger partial charge in [-0.05, 0) is 56.7 Å². The number of nitrogens with zero attached hydrogens (tertiary/aromatic N) is 3. The maximum absolute atomic E-state index is 12.0. The van der Waals surface area contributed by atoms with Gasteiger partial charge in [-0.2, -0.15) is 5.10 Å². The molecule has 0 atom stereocenters. The number of pyridine rings is 1. The zero-order chi connectivity index (χ0) is 17.8. The highest BCUT2D eigenvalue weighted by atomic mass is 16.2. The van der Waals surface area contributed by atoms with E-state index in [9.17, 15) is 4.79 Å². The van der Waals surface area contributed by atoms with E-state index in [2.05, 4.69) is 58.2 Å². The van der Waals surface area contributed by atoms with Gasteiger partial charge in [0.05, 0.1) is 11.8 Å². The highest BCUT2D eigenvalue weighted by Crippen LogP contribution is 2.20. The lowest BCUT2D eigenvalue weighted by Gasteiger charge is -2.10. The summed E-state index contributed by atoms with van der Waals surface area (Å²) in [6.45, 7) is 6.18. The van der Waals surface area contributed by atoms with Gasteiger partial charge in [0, 0.05) is 35.0 Å². The van der Waals surface area contributed by atoms with Gasteiger partial charge in [-0.25, -0.2) is 5.43 Å². The average molecular weight is 332 g/mol. The Morgan fingerprint density at radius 1 is 1.16 bits per heavy atom. The van der Waals surface area contributed by atoms with Gasteiger partial charge in [-0.3, -0.25) is 9.78 Å². The van der Waals surface area contributed by atoms with Crippen LogP contribution < -0.4 is 5.43 Å². The SMILES string of the molecule is Cc1cccc(-n2c(C)cc(/C=N/NC(=O)c3cccnc3)c2C)c1. The Kier molecular flexibility index (Phi) is 4.75. The van der Waals surface area contributed by atoms with E-state index in [4.69, 9.17) is 0 Å². The molecule has 0 aliphatic heterocycles. The minimum Gasteiger partial charge on any atom is -0.318 e. The van der Waals surface area contributed by atoms with Gasteiger partial charge >= 0.3 is 0 Å². The maximum atomic E-state index is 12.0. The highest BCUT2D eigenvalue weighted by Gasteiger charge is 2.10. The van der Waals surface area contributed by atoms with Gasteiger partial charge in [-0.1, -0.05) is 12.1 Å². The van der Waals surface area contributed by atoms with E-state index >= 15 is 0 Å². The third-order valence-corrected chi connectivity index (χ3v) is 4.02. The number of benzene rings is 1. The van der Waals surface area contributed by atoms with E-state index in [0.29, 0.717) is 5.56 Å². The lowest BCUT2D eigenvalue weighted by Crippen LogP contribution is -2.17. The molecule has 0 spiro atoms. The number of aromatic nitrogens is 2. The fourth-order valence-electron chi connectivity index (χ4n) is 2.80. The Balaban J connectivity index is 1.80. The predicted octanol–water partition coefficient (Wildman–Crippen LogP) is 3.56. The number of hydrogen-bond donors (Lipinski definition) is 1. The second kappa shape index (κ2) is 7.13. The smallest absolute Gasteiger partial charge is 0.272 e. The second-order valence-electron chi connectivity index (χ2n) is 5.94. The number of amides is 1. The molecule has 5 nitrogen and oxygen atoms in total. The van der Waals surface area contributed by atoms with E-state index < -0.39 is 0 Å². The zero-order valence-corrected chi connectivity index (χ0v) is 14.5. The number of hydrazone groups is 1. The van der Waals surface area contributed by atoms with Crippen molar-refractivity contribution in [2.75, 3.05) is 0 Å². The van der Waals surface area contributed by atoms with Crippen LogP contribution in [0, 0.1) is 20.8 Å². The van der Waals surface area contributed by atoms with Crippen LogP contribution >= 0.6 is 0 Å². The summed E-state index contributed by atoms with van der Waals surface area (Å²) in [5.41, 5.74) is 8.49. The summed E-state index contributed by atoms with van der Waals surface area (Å²) in [6.07, 6.45) is 4.80. The Morgan fingerprint density at radius 3 is 2.72 bits per heavy atom. The first-order valence-corrected chi connectivity index (χ1v) is 8.05. The first-order chi connectivity index (χ1) is 12.1. The van der Waals surface area contributed by atoms with Crippen LogP contribution in [-0.2, 0) is 0 Å². The summed E-state index contributed by atoms with van der Waals surface area (Å²) in [5.74, 6) is -0.281. The Hall–Kier alpha value is -3.21. The number of rotatable bonds is 4. The summed E-state index contributed by atoms with van der Waals surface area (Å²) in [6, 6.07) is 13.8. The Labute approximate surface area is 147 Å². The summed E-state index contributed by atoms with van der Waals surface area (Å²) < 4.78 is 2.18. The molecule has 25 heavy (non-hydrogen) atoms. The zero-order valence-electron chi connectivity index (χ0n) is 14.5. The van der Waals surface area contributed by atoms with Crippen molar-refractivity contribution in [3.63, 3.8) is 0 Å². The standard InChI is InChI=1S/C20H20N4O/c1-14-6-4-8-19(10-14)24-15(2)11-18(16(24)3)13-22-23-20(25)17-7-5-9-21-12-17/h4-13H,1-3H3,(H,23,25)/b22-13+. The van der Waals surface area contributed by atoms with Crippen molar-refractivity contribution in [3.8, 4) is 5.69 Å². The minimum atomic E-state index is -0.281. The van der Waals surface area contributed by atoms with Gasteiger partial charge in [-0.15, -0.1) is 0 Å². The fourth-order valence-corrected chi connectivity index (χ4v) is 2.80. The maximum Gasteiger partial charge on any atom is 0.272 e. The monoisotopic (exact) mass is 332 g/mol. The van der Waals surface area contributed by atoms with E-state index in [1.54, 1.807) is 24.5 Å². The largest absolute Gasteiger partial charge is 0.318 e. The summed E-state index contributed by atoms with van der Waals surface area (Å²) in [5, 5.41) is 4.08. The summed E-state index contributed by atoms with van der Waals surface area (Å²) >= 11 is 0. The molecule has 3 aromatic rings. The van der Waals surface area contributed by atoms with E-state index in [0.717, 1.165) is 22.6 Å². The average Bonchev–Trinajstić information content (AvgIpc) is 2.89. The van der Waals surface area contributed by atoms with Crippen molar-refractivity contribution < 1.29 is 4.79 Å². The van der Waals surface area contributed by atoms with Gasteiger partial charge < -0.3 is 4.57 Å². The van der Waals surface area contributed by atoms with Crippen LogP contribution in [0.3, 0.4) is 0 Å². The quantitative estimate of drug-likeness (QED) is 0.586. The topological polar surface area (TPSA) is 59.3 Å².